The predicted molar refractivity (Wildman–Crippen MR) is 71.0 cm³/mol. The number of sulfonamides is 1. The molecule has 2 aliphatic heterocycles. The van der Waals surface area contributed by atoms with Gasteiger partial charge in [0.05, 0.1) is 11.9 Å². The largest absolute Gasteiger partial charge is 0.390 e. The molecule has 6 nitrogen and oxygen atoms in total. The summed E-state index contributed by atoms with van der Waals surface area (Å²) in [5.74, 6) is -0.113. The van der Waals surface area contributed by atoms with Crippen LogP contribution in [0.5, 0.6) is 0 Å². The summed E-state index contributed by atoms with van der Waals surface area (Å²) in [4.78, 5) is 14.1. The Morgan fingerprint density at radius 2 is 1.84 bits per heavy atom. The molecule has 1 N–H and O–H groups in total. The molecule has 0 spiro atoms. The van der Waals surface area contributed by atoms with Crippen LogP contribution in [0, 0.1) is 0 Å². The number of hydrogen-bond donors (Lipinski definition) is 1. The predicted octanol–water partition coefficient (Wildman–Crippen LogP) is -0.216. The lowest BCUT2D eigenvalue weighted by Gasteiger charge is -2.37. The highest BCUT2D eigenvalue weighted by Gasteiger charge is 2.40. The van der Waals surface area contributed by atoms with Gasteiger partial charge in [-0.2, -0.15) is 4.31 Å². The smallest absolute Gasteiger partial charge is 0.241 e. The van der Waals surface area contributed by atoms with Crippen LogP contribution in [0.4, 0.5) is 0 Å². The van der Waals surface area contributed by atoms with Crippen LogP contribution >= 0.6 is 0 Å². The summed E-state index contributed by atoms with van der Waals surface area (Å²) in [6.45, 7) is 3.20. The zero-order valence-electron chi connectivity index (χ0n) is 11.5. The molecule has 0 bridgehead atoms. The molecule has 0 aromatic carbocycles. The van der Waals surface area contributed by atoms with Gasteiger partial charge in [-0.3, -0.25) is 4.79 Å². The van der Waals surface area contributed by atoms with E-state index in [9.17, 15) is 18.3 Å². The summed E-state index contributed by atoms with van der Waals surface area (Å²) in [5.41, 5.74) is -0.705. The average Bonchev–Trinajstić information content (AvgIpc) is 2.76. The lowest BCUT2D eigenvalue weighted by Crippen LogP contribution is -2.52. The Morgan fingerprint density at radius 1 is 1.26 bits per heavy atom. The van der Waals surface area contributed by atoms with E-state index < -0.39 is 21.7 Å². The third kappa shape index (κ3) is 3.27. The Bertz CT molecular complexity index is 450. The van der Waals surface area contributed by atoms with Gasteiger partial charge in [0, 0.05) is 19.6 Å². The Hall–Kier alpha value is -0.660. The fourth-order valence-corrected chi connectivity index (χ4v) is 3.92. The molecule has 1 unspecified atom stereocenters. The number of hydrogen-bond acceptors (Lipinski definition) is 4. The zero-order valence-corrected chi connectivity index (χ0v) is 12.3. The van der Waals surface area contributed by atoms with Crippen LogP contribution in [0.3, 0.4) is 0 Å². The SMILES string of the molecule is CC1(O)CCN(C(=O)C2CCCN2S(C)(=O)=O)CC1. The molecule has 0 radical (unpaired) electrons. The van der Waals surface area contributed by atoms with E-state index in [0.717, 1.165) is 12.7 Å². The second-order valence-electron chi connectivity index (χ2n) is 5.85. The van der Waals surface area contributed by atoms with Crippen molar-refractivity contribution in [2.24, 2.45) is 0 Å². The molecule has 2 heterocycles. The molecule has 7 heteroatoms. The molecule has 0 aliphatic carbocycles. The van der Waals surface area contributed by atoms with E-state index in [0.29, 0.717) is 38.9 Å². The molecular formula is C12H22N2O4S. The minimum absolute atomic E-state index is 0.113. The maximum Gasteiger partial charge on any atom is 0.241 e. The van der Waals surface area contributed by atoms with Crippen LogP contribution in [0.1, 0.15) is 32.6 Å². The van der Waals surface area contributed by atoms with Gasteiger partial charge in [-0.25, -0.2) is 8.42 Å². The van der Waals surface area contributed by atoms with E-state index in [1.54, 1.807) is 11.8 Å². The number of carbonyl (C=O) groups is 1. The minimum Gasteiger partial charge on any atom is -0.390 e. The van der Waals surface area contributed by atoms with Crippen LogP contribution < -0.4 is 0 Å². The van der Waals surface area contributed by atoms with Crippen molar-refractivity contribution in [2.75, 3.05) is 25.9 Å². The van der Waals surface area contributed by atoms with E-state index in [1.807, 2.05) is 0 Å². The third-order valence-electron chi connectivity index (χ3n) is 4.07. The fraction of sp³-hybridized carbons (Fsp3) is 0.917. The van der Waals surface area contributed by atoms with E-state index in [-0.39, 0.29) is 5.91 Å². The number of piperidine rings is 1. The number of rotatable bonds is 2. The van der Waals surface area contributed by atoms with Crippen molar-refractivity contribution in [1.29, 1.82) is 0 Å². The molecule has 2 fully saturated rings. The van der Waals surface area contributed by atoms with Crippen LogP contribution in [0.25, 0.3) is 0 Å². The van der Waals surface area contributed by atoms with Gasteiger partial charge in [-0.15, -0.1) is 0 Å². The number of aliphatic hydroxyl groups is 1. The van der Waals surface area contributed by atoms with E-state index in [2.05, 4.69) is 0 Å². The molecule has 0 aromatic rings. The number of amides is 1. The van der Waals surface area contributed by atoms with Gasteiger partial charge in [0.2, 0.25) is 15.9 Å². The number of nitrogens with zero attached hydrogens (tertiary/aromatic N) is 2. The first-order valence-electron chi connectivity index (χ1n) is 6.69. The van der Waals surface area contributed by atoms with E-state index in [1.165, 1.54) is 4.31 Å². The van der Waals surface area contributed by atoms with Gasteiger partial charge < -0.3 is 10.0 Å². The molecule has 19 heavy (non-hydrogen) atoms. The second-order valence-corrected chi connectivity index (χ2v) is 7.79. The Morgan fingerprint density at radius 3 is 2.37 bits per heavy atom. The number of carbonyl (C=O) groups excluding carboxylic acids is 1. The van der Waals surface area contributed by atoms with Gasteiger partial charge in [0.25, 0.3) is 0 Å². The van der Waals surface area contributed by atoms with Crippen LogP contribution in [-0.2, 0) is 14.8 Å². The van der Waals surface area contributed by atoms with E-state index in [4.69, 9.17) is 0 Å². The van der Waals surface area contributed by atoms with Crippen molar-refractivity contribution in [3.8, 4) is 0 Å². The van der Waals surface area contributed by atoms with Crippen LogP contribution in [0.2, 0.25) is 0 Å². The monoisotopic (exact) mass is 290 g/mol. The van der Waals surface area contributed by atoms with Crippen LogP contribution in [-0.4, -0.2) is 66.2 Å². The van der Waals surface area contributed by atoms with Crippen molar-refractivity contribution < 1.29 is 18.3 Å². The molecule has 110 valence electrons. The van der Waals surface area contributed by atoms with Gasteiger partial charge in [-0.1, -0.05) is 0 Å². The quantitative estimate of drug-likeness (QED) is 0.763. The maximum atomic E-state index is 12.4. The van der Waals surface area contributed by atoms with Gasteiger partial charge >= 0.3 is 0 Å². The zero-order chi connectivity index (χ0) is 14.3. The van der Waals surface area contributed by atoms with Gasteiger partial charge in [0.15, 0.2) is 0 Å². The normalized spacial score (nSPS) is 28.6. The first-order chi connectivity index (χ1) is 8.71. The second kappa shape index (κ2) is 5.03. The first-order valence-corrected chi connectivity index (χ1v) is 8.53. The molecule has 2 rings (SSSR count). The van der Waals surface area contributed by atoms with E-state index >= 15 is 0 Å². The van der Waals surface area contributed by atoms with Crippen molar-refractivity contribution in [1.82, 2.24) is 9.21 Å². The summed E-state index contributed by atoms with van der Waals surface area (Å²) < 4.78 is 24.6. The third-order valence-corrected chi connectivity index (χ3v) is 5.36. The molecule has 1 atom stereocenters. The summed E-state index contributed by atoms with van der Waals surface area (Å²) in [6, 6.07) is -0.543. The first kappa shape index (κ1) is 14.7. The van der Waals surface area contributed by atoms with Gasteiger partial charge in [-0.05, 0) is 32.6 Å². The topological polar surface area (TPSA) is 77.9 Å². The maximum absolute atomic E-state index is 12.4. The lowest BCUT2D eigenvalue weighted by atomic mass is 9.93. The average molecular weight is 290 g/mol. The van der Waals surface area contributed by atoms with Crippen molar-refractivity contribution in [3.05, 3.63) is 0 Å². The Balaban J connectivity index is 2.04. The van der Waals surface area contributed by atoms with Crippen molar-refractivity contribution in [2.45, 2.75) is 44.2 Å². The summed E-state index contributed by atoms with van der Waals surface area (Å²) in [7, 11) is -3.32. The summed E-state index contributed by atoms with van der Waals surface area (Å²) in [6.07, 6.45) is 3.57. The Labute approximate surface area is 114 Å². The Kier molecular flexibility index (Phi) is 3.90. The summed E-state index contributed by atoms with van der Waals surface area (Å²) >= 11 is 0. The molecule has 0 saturated carbocycles. The minimum atomic E-state index is -3.32. The highest BCUT2D eigenvalue weighted by Crippen LogP contribution is 2.26. The highest BCUT2D eigenvalue weighted by molar-refractivity contribution is 7.88. The van der Waals surface area contributed by atoms with Gasteiger partial charge in [0.1, 0.15) is 6.04 Å². The van der Waals surface area contributed by atoms with Crippen LogP contribution in [0.15, 0.2) is 0 Å². The molecule has 2 saturated heterocycles. The fourth-order valence-electron chi connectivity index (χ4n) is 2.80. The highest BCUT2D eigenvalue weighted by atomic mass is 32.2. The number of likely N-dealkylation sites (tertiary alicyclic amines) is 1. The summed E-state index contributed by atoms with van der Waals surface area (Å²) in [5, 5.41) is 9.88. The molecule has 1 amide bonds. The molecule has 2 aliphatic rings. The molecular weight excluding hydrogens is 268 g/mol. The van der Waals surface area contributed by atoms with Crippen molar-refractivity contribution >= 4 is 15.9 Å². The molecule has 0 aromatic heterocycles. The standard InChI is InChI=1S/C12H22N2O4S/c1-12(16)5-8-13(9-6-12)11(15)10-4-3-7-14(10)19(2,17)18/h10,16H,3-9H2,1-2H3. The van der Waals surface area contributed by atoms with Crippen molar-refractivity contribution in [3.63, 3.8) is 0 Å². The lowest BCUT2D eigenvalue weighted by molar-refractivity contribution is -0.138.